The fourth-order valence-corrected chi connectivity index (χ4v) is 4.17. The molecule has 0 saturated carbocycles. The van der Waals surface area contributed by atoms with Gasteiger partial charge in [-0.15, -0.1) is 0 Å². The van der Waals surface area contributed by atoms with Gasteiger partial charge in [-0.1, -0.05) is 23.7 Å². The first-order valence-electron chi connectivity index (χ1n) is 8.51. The molecular weight excluding hydrogens is 388 g/mol. The maximum atomic E-state index is 12.6. The number of carbonyl (C=O) groups excluding carboxylic acids is 1. The molecule has 0 spiro atoms. The van der Waals surface area contributed by atoms with Gasteiger partial charge in [-0.2, -0.15) is 0 Å². The van der Waals surface area contributed by atoms with Crippen molar-refractivity contribution in [2.24, 2.45) is 0 Å². The summed E-state index contributed by atoms with van der Waals surface area (Å²) in [6, 6.07) is 12.3. The Hall–Kier alpha value is -2.25. The third-order valence-electron chi connectivity index (χ3n) is 4.45. The van der Waals surface area contributed by atoms with Gasteiger partial charge in [0.15, 0.2) is 0 Å². The molecule has 1 heterocycles. The Bertz CT molecular complexity index is 962. The Balaban J connectivity index is 1.63. The van der Waals surface area contributed by atoms with Crippen LogP contribution in [0, 0.1) is 0 Å². The van der Waals surface area contributed by atoms with Crippen LogP contribution < -0.4 is 9.04 Å². The highest BCUT2D eigenvalue weighted by Gasteiger charge is 2.27. The molecule has 3 rings (SSSR count). The third kappa shape index (κ3) is 4.36. The van der Waals surface area contributed by atoms with E-state index in [1.807, 2.05) is 12.1 Å². The summed E-state index contributed by atoms with van der Waals surface area (Å²) in [7, 11) is -1.59. The van der Waals surface area contributed by atoms with Crippen LogP contribution >= 0.6 is 11.6 Å². The molecule has 8 heteroatoms. The van der Waals surface area contributed by atoms with Crippen LogP contribution in [0.3, 0.4) is 0 Å². The van der Waals surface area contributed by atoms with Crippen molar-refractivity contribution >= 4 is 33.2 Å². The van der Waals surface area contributed by atoms with Crippen molar-refractivity contribution in [3.05, 3.63) is 58.6 Å². The Morgan fingerprint density at radius 3 is 2.70 bits per heavy atom. The fourth-order valence-electron chi connectivity index (χ4n) is 3.03. The zero-order chi connectivity index (χ0) is 19.6. The lowest BCUT2D eigenvalue weighted by Crippen LogP contribution is -2.31. The van der Waals surface area contributed by atoms with Crippen LogP contribution in [0.1, 0.15) is 15.9 Å². The molecular formula is C19H21ClN2O4S. The van der Waals surface area contributed by atoms with Gasteiger partial charge in [-0.25, -0.2) is 8.42 Å². The number of halogens is 1. The first-order chi connectivity index (χ1) is 12.8. The normalized spacial score (nSPS) is 13.4. The Morgan fingerprint density at radius 2 is 2.00 bits per heavy atom. The van der Waals surface area contributed by atoms with E-state index in [0.29, 0.717) is 48.1 Å². The number of hydrogen-bond donors (Lipinski definition) is 0. The second-order valence-electron chi connectivity index (χ2n) is 6.43. The quantitative estimate of drug-likeness (QED) is 0.737. The SMILES string of the molecule is CN(CCOc1ccccc1Cl)C(=O)c1ccc2c(c1)CCN2S(C)(=O)=O. The van der Waals surface area contributed by atoms with E-state index in [2.05, 4.69) is 0 Å². The predicted octanol–water partition coefficient (Wildman–Crippen LogP) is 2.81. The first-order valence-corrected chi connectivity index (χ1v) is 10.7. The van der Waals surface area contributed by atoms with Gasteiger partial charge in [0.1, 0.15) is 12.4 Å². The van der Waals surface area contributed by atoms with Gasteiger partial charge in [0.2, 0.25) is 10.0 Å². The second-order valence-corrected chi connectivity index (χ2v) is 8.75. The molecule has 27 heavy (non-hydrogen) atoms. The maximum Gasteiger partial charge on any atom is 0.253 e. The minimum atomic E-state index is -3.30. The van der Waals surface area contributed by atoms with Crippen molar-refractivity contribution in [1.82, 2.24) is 4.90 Å². The number of ether oxygens (including phenoxy) is 1. The van der Waals surface area contributed by atoms with E-state index in [1.165, 1.54) is 10.6 Å². The molecule has 1 amide bonds. The second kappa shape index (κ2) is 7.78. The molecule has 0 radical (unpaired) electrons. The van der Waals surface area contributed by atoms with E-state index in [0.717, 1.165) is 5.56 Å². The fraction of sp³-hybridized carbons (Fsp3) is 0.316. The highest BCUT2D eigenvalue weighted by Crippen LogP contribution is 2.31. The molecule has 0 bridgehead atoms. The molecule has 2 aromatic rings. The average Bonchev–Trinajstić information content (AvgIpc) is 3.06. The first kappa shape index (κ1) is 19.5. The summed E-state index contributed by atoms with van der Waals surface area (Å²) in [5, 5.41) is 0.528. The minimum absolute atomic E-state index is 0.140. The largest absolute Gasteiger partial charge is 0.490 e. The highest BCUT2D eigenvalue weighted by molar-refractivity contribution is 7.92. The number of amides is 1. The topological polar surface area (TPSA) is 66.9 Å². The van der Waals surface area contributed by atoms with E-state index in [-0.39, 0.29) is 5.91 Å². The van der Waals surface area contributed by atoms with Gasteiger partial charge < -0.3 is 9.64 Å². The number of hydrogen-bond acceptors (Lipinski definition) is 4. The van der Waals surface area contributed by atoms with Gasteiger partial charge >= 0.3 is 0 Å². The van der Waals surface area contributed by atoms with Crippen LogP contribution in [-0.4, -0.2) is 52.2 Å². The average molecular weight is 409 g/mol. The van der Waals surface area contributed by atoms with Crippen LogP contribution in [0.2, 0.25) is 5.02 Å². The number of sulfonamides is 1. The van der Waals surface area contributed by atoms with Gasteiger partial charge in [0.05, 0.1) is 23.5 Å². The van der Waals surface area contributed by atoms with Crippen molar-refractivity contribution in [2.75, 3.05) is 37.3 Å². The van der Waals surface area contributed by atoms with E-state index < -0.39 is 10.0 Å². The van der Waals surface area contributed by atoms with E-state index in [9.17, 15) is 13.2 Å². The van der Waals surface area contributed by atoms with Crippen molar-refractivity contribution in [1.29, 1.82) is 0 Å². The van der Waals surface area contributed by atoms with Gasteiger partial charge in [0.25, 0.3) is 5.91 Å². The molecule has 2 aromatic carbocycles. The van der Waals surface area contributed by atoms with E-state index >= 15 is 0 Å². The number of benzene rings is 2. The van der Waals surface area contributed by atoms with Gasteiger partial charge in [-0.3, -0.25) is 9.10 Å². The van der Waals surface area contributed by atoms with E-state index in [1.54, 1.807) is 42.3 Å². The van der Waals surface area contributed by atoms with Crippen LogP contribution in [0.4, 0.5) is 5.69 Å². The molecule has 0 N–H and O–H groups in total. The number of anilines is 1. The van der Waals surface area contributed by atoms with Crippen LogP contribution in [0.5, 0.6) is 5.75 Å². The number of likely N-dealkylation sites (N-methyl/N-ethyl adjacent to an activating group) is 1. The van der Waals surface area contributed by atoms with Crippen LogP contribution in [0.15, 0.2) is 42.5 Å². The number of fused-ring (bicyclic) bond motifs is 1. The number of rotatable bonds is 6. The predicted molar refractivity (Wildman–Crippen MR) is 106 cm³/mol. The Kier molecular flexibility index (Phi) is 5.62. The molecule has 1 aliphatic heterocycles. The van der Waals surface area contributed by atoms with Crippen molar-refractivity contribution in [2.45, 2.75) is 6.42 Å². The van der Waals surface area contributed by atoms with Crippen LogP contribution in [-0.2, 0) is 16.4 Å². The number of carbonyl (C=O) groups is 1. The van der Waals surface area contributed by atoms with Crippen molar-refractivity contribution in [3.63, 3.8) is 0 Å². The molecule has 6 nitrogen and oxygen atoms in total. The summed E-state index contributed by atoms with van der Waals surface area (Å²) >= 11 is 6.04. The molecule has 0 fully saturated rings. The molecule has 0 aliphatic carbocycles. The molecule has 0 saturated heterocycles. The Morgan fingerprint density at radius 1 is 1.26 bits per heavy atom. The van der Waals surface area contributed by atoms with Gasteiger partial charge in [-0.05, 0) is 42.3 Å². The summed E-state index contributed by atoms with van der Waals surface area (Å²) in [6.45, 7) is 1.13. The lowest BCUT2D eigenvalue weighted by molar-refractivity contribution is 0.0773. The highest BCUT2D eigenvalue weighted by atomic mass is 35.5. The smallest absolute Gasteiger partial charge is 0.253 e. The zero-order valence-electron chi connectivity index (χ0n) is 15.2. The summed E-state index contributed by atoms with van der Waals surface area (Å²) in [6.07, 6.45) is 1.79. The number of nitrogens with zero attached hydrogens (tertiary/aromatic N) is 2. The zero-order valence-corrected chi connectivity index (χ0v) is 16.8. The summed E-state index contributed by atoms with van der Waals surface area (Å²) in [5.74, 6) is 0.441. The molecule has 0 unspecified atom stereocenters. The summed E-state index contributed by atoms with van der Waals surface area (Å²) in [4.78, 5) is 14.2. The maximum absolute atomic E-state index is 12.6. The molecule has 0 aromatic heterocycles. The number of para-hydroxylation sites is 1. The summed E-state index contributed by atoms with van der Waals surface area (Å²) in [5.41, 5.74) is 2.05. The standard InChI is InChI=1S/C19H21ClN2O4S/c1-21(11-12-26-18-6-4-3-5-16(18)20)19(23)15-7-8-17-14(13-15)9-10-22(17)27(2,24)25/h3-8,13H,9-12H2,1-2H3. The lowest BCUT2D eigenvalue weighted by Gasteiger charge is -2.19. The van der Waals surface area contributed by atoms with Gasteiger partial charge in [0, 0.05) is 19.2 Å². The molecule has 144 valence electrons. The Labute approximate surface area is 164 Å². The third-order valence-corrected chi connectivity index (χ3v) is 5.94. The molecule has 1 aliphatic rings. The van der Waals surface area contributed by atoms with Crippen molar-refractivity contribution < 1.29 is 17.9 Å². The minimum Gasteiger partial charge on any atom is -0.490 e. The van der Waals surface area contributed by atoms with E-state index in [4.69, 9.17) is 16.3 Å². The monoisotopic (exact) mass is 408 g/mol. The molecule has 0 atom stereocenters. The summed E-state index contributed by atoms with van der Waals surface area (Å²) < 4.78 is 30.6. The lowest BCUT2D eigenvalue weighted by atomic mass is 10.1. The van der Waals surface area contributed by atoms with Crippen molar-refractivity contribution in [3.8, 4) is 5.75 Å². The van der Waals surface area contributed by atoms with Crippen LogP contribution in [0.25, 0.3) is 0 Å².